The molecule has 0 amide bonds. The van der Waals surface area contributed by atoms with Gasteiger partial charge in [-0.25, -0.2) is 9.78 Å². The first-order chi connectivity index (χ1) is 8.88. The van der Waals surface area contributed by atoms with Gasteiger partial charge in [0, 0.05) is 0 Å². The highest BCUT2D eigenvalue weighted by atomic mass is 19.4. The first-order valence-electron chi connectivity index (χ1n) is 5.86. The summed E-state index contributed by atoms with van der Waals surface area (Å²) in [6.45, 7) is 0. The van der Waals surface area contributed by atoms with Crippen molar-refractivity contribution in [2.45, 2.75) is 38.0 Å². The van der Waals surface area contributed by atoms with Gasteiger partial charge in [0.15, 0.2) is 0 Å². The lowest BCUT2D eigenvalue weighted by molar-refractivity contribution is -0.141. The Hall–Kier alpha value is -1.79. The van der Waals surface area contributed by atoms with Crippen molar-refractivity contribution in [3.63, 3.8) is 0 Å². The molecule has 104 valence electrons. The Balaban J connectivity index is 2.32. The van der Waals surface area contributed by atoms with Crippen molar-refractivity contribution in [3.8, 4) is 5.88 Å². The summed E-state index contributed by atoms with van der Waals surface area (Å²) in [6, 6.07) is 1.52. The Morgan fingerprint density at radius 3 is 2.47 bits per heavy atom. The van der Waals surface area contributed by atoms with Gasteiger partial charge < -0.3 is 9.84 Å². The molecule has 0 saturated heterocycles. The Morgan fingerprint density at radius 1 is 1.32 bits per heavy atom. The Morgan fingerprint density at radius 2 is 1.95 bits per heavy atom. The first-order valence-corrected chi connectivity index (χ1v) is 5.86. The van der Waals surface area contributed by atoms with Crippen LogP contribution in [0.25, 0.3) is 0 Å². The normalized spacial score (nSPS) is 16.6. The van der Waals surface area contributed by atoms with Crippen molar-refractivity contribution in [1.29, 1.82) is 0 Å². The van der Waals surface area contributed by atoms with Crippen LogP contribution in [0.15, 0.2) is 12.1 Å². The number of halogens is 3. The summed E-state index contributed by atoms with van der Waals surface area (Å²) < 4.78 is 43.0. The first kappa shape index (κ1) is 13.6. The molecule has 1 aromatic heterocycles. The number of carbonyl (C=O) groups is 1. The molecule has 0 atom stereocenters. The summed E-state index contributed by atoms with van der Waals surface area (Å²) >= 11 is 0. The number of carboxylic acids is 1. The predicted octanol–water partition coefficient (Wildman–Crippen LogP) is 3.12. The Kier molecular flexibility index (Phi) is 3.64. The number of alkyl halides is 3. The van der Waals surface area contributed by atoms with Crippen LogP contribution in [0.3, 0.4) is 0 Å². The Labute approximate surface area is 107 Å². The molecule has 1 N–H and O–H groups in total. The van der Waals surface area contributed by atoms with Crippen LogP contribution in [0.4, 0.5) is 13.2 Å². The maximum absolute atomic E-state index is 12.5. The van der Waals surface area contributed by atoms with Crippen LogP contribution >= 0.6 is 0 Å². The second-order valence-corrected chi connectivity index (χ2v) is 4.38. The topological polar surface area (TPSA) is 59.4 Å². The molecule has 0 aliphatic heterocycles. The van der Waals surface area contributed by atoms with Crippen LogP contribution in [0.1, 0.15) is 41.7 Å². The van der Waals surface area contributed by atoms with E-state index in [0.29, 0.717) is 18.9 Å². The molecule has 0 bridgehead atoms. The number of ether oxygens (including phenoxy) is 1. The highest BCUT2D eigenvalue weighted by molar-refractivity contribution is 5.90. The third-order valence-corrected chi connectivity index (χ3v) is 2.96. The van der Waals surface area contributed by atoms with Crippen LogP contribution in [0.5, 0.6) is 5.88 Å². The van der Waals surface area contributed by atoms with Gasteiger partial charge in [0.25, 0.3) is 0 Å². The molecule has 1 fully saturated rings. The van der Waals surface area contributed by atoms with Gasteiger partial charge in [-0.1, -0.05) is 0 Å². The summed E-state index contributed by atoms with van der Waals surface area (Å²) in [5, 5.41) is 8.93. The molecule has 0 aromatic carbocycles. The maximum atomic E-state index is 12.5. The van der Waals surface area contributed by atoms with Gasteiger partial charge in [0.1, 0.15) is 17.4 Å². The van der Waals surface area contributed by atoms with Crippen LogP contribution in [-0.2, 0) is 6.18 Å². The van der Waals surface area contributed by atoms with E-state index in [-0.39, 0.29) is 11.7 Å². The van der Waals surface area contributed by atoms with E-state index in [0.717, 1.165) is 18.9 Å². The molecule has 0 unspecified atom stereocenters. The molecule has 0 radical (unpaired) electrons. The number of pyridine rings is 1. The molecule has 1 aromatic rings. The second-order valence-electron chi connectivity index (χ2n) is 4.38. The summed E-state index contributed by atoms with van der Waals surface area (Å²) in [4.78, 5) is 14.3. The van der Waals surface area contributed by atoms with Gasteiger partial charge in [-0.3, -0.25) is 0 Å². The number of hydrogen-bond donors (Lipinski definition) is 1. The van der Waals surface area contributed by atoms with Gasteiger partial charge in [-0.15, -0.1) is 0 Å². The van der Waals surface area contributed by atoms with Gasteiger partial charge in [-0.2, -0.15) is 13.2 Å². The van der Waals surface area contributed by atoms with Gasteiger partial charge >= 0.3 is 12.1 Å². The largest absolute Gasteiger partial charge is 0.477 e. The SMILES string of the molecule is O=C(O)c1ccc(C(F)(F)F)nc1OC1CCCC1. The number of carboxylic acid groups (broad SMARTS) is 1. The zero-order valence-corrected chi connectivity index (χ0v) is 9.91. The van der Waals surface area contributed by atoms with Crippen molar-refractivity contribution >= 4 is 5.97 Å². The zero-order valence-electron chi connectivity index (χ0n) is 9.91. The molecule has 2 rings (SSSR count). The number of rotatable bonds is 3. The van der Waals surface area contributed by atoms with E-state index in [4.69, 9.17) is 9.84 Å². The van der Waals surface area contributed by atoms with Crippen molar-refractivity contribution in [2.75, 3.05) is 0 Å². The molecule has 1 aliphatic carbocycles. The fourth-order valence-electron chi connectivity index (χ4n) is 2.02. The second kappa shape index (κ2) is 5.07. The average molecular weight is 275 g/mol. The minimum Gasteiger partial charge on any atom is -0.477 e. The maximum Gasteiger partial charge on any atom is 0.433 e. The van der Waals surface area contributed by atoms with Crippen molar-refractivity contribution in [3.05, 3.63) is 23.4 Å². The molecule has 19 heavy (non-hydrogen) atoms. The predicted molar refractivity (Wildman–Crippen MR) is 59.1 cm³/mol. The summed E-state index contributed by atoms with van der Waals surface area (Å²) in [6.07, 6.45) is -1.62. The molecule has 4 nitrogen and oxygen atoms in total. The monoisotopic (exact) mass is 275 g/mol. The van der Waals surface area contributed by atoms with Crippen molar-refractivity contribution in [1.82, 2.24) is 4.98 Å². The minimum atomic E-state index is -4.62. The van der Waals surface area contributed by atoms with E-state index in [1.165, 1.54) is 0 Å². The van der Waals surface area contributed by atoms with E-state index < -0.39 is 23.7 Å². The fraction of sp³-hybridized carbons (Fsp3) is 0.500. The van der Waals surface area contributed by atoms with Gasteiger partial charge in [0.2, 0.25) is 5.88 Å². The molecule has 7 heteroatoms. The molecule has 1 saturated carbocycles. The Bertz CT molecular complexity index is 482. The minimum absolute atomic E-state index is 0.255. The van der Waals surface area contributed by atoms with Crippen molar-refractivity contribution < 1.29 is 27.8 Å². The van der Waals surface area contributed by atoms with Crippen molar-refractivity contribution in [2.24, 2.45) is 0 Å². The third-order valence-electron chi connectivity index (χ3n) is 2.96. The summed E-state index contributed by atoms with van der Waals surface area (Å²) in [5.74, 6) is -1.80. The molecule has 1 aliphatic rings. The van der Waals surface area contributed by atoms with Gasteiger partial charge in [-0.05, 0) is 37.8 Å². The lowest BCUT2D eigenvalue weighted by Crippen LogP contribution is -2.17. The number of aromatic nitrogens is 1. The highest BCUT2D eigenvalue weighted by Crippen LogP contribution is 2.31. The quantitative estimate of drug-likeness (QED) is 0.920. The fourth-order valence-corrected chi connectivity index (χ4v) is 2.02. The standard InChI is InChI=1S/C12H12F3NO3/c13-12(14,15)9-6-5-8(11(17)18)10(16-9)19-7-3-1-2-4-7/h5-7H,1-4H2,(H,17,18). The van der Waals surface area contributed by atoms with E-state index in [9.17, 15) is 18.0 Å². The molecule has 0 spiro atoms. The van der Waals surface area contributed by atoms with E-state index in [1.54, 1.807) is 0 Å². The van der Waals surface area contributed by atoms with Crippen LogP contribution in [-0.4, -0.2) is 22.2 Å². The number of nitrogens with zero attached hydrogens (tertiary/aromatic N) is 1. The lowest BCUT2D eigenvalue weighted by Gasteiger charge is -2.15. The number of hydrogen-bond acceptors (Lipinski definition) is 3. The zero-order chi connectivity index (χ0) is 14.0. The van der Waals surface area contributed by atoms with Crippen LogP contribution < -0.4 is 4.74 Å². The lowest BCUT2D eigenvalue weighted by atomic mass is 10.2. The van der Waals surface area contributed by atoms with Crippen LogP contribution in [0.2, 0.25) is 0 Å². The summed E-state index contributed by atoms with van der Waals surface area (Å²) in [5.41, 5.74) is -1.50. The van der Waals surface area contributed by atoms with Crippen LogP contribution in [0, 0.1) is 0 Å². The van der Waals surface area contributed by atoms with E-state index in [2.05, 4.69) is 4.98 Å². The molecular formula is C12H12F3NO3. The highest BCUT2D eigenvalue weighted by Gasteiger charge is 2.34. The van der Waals surface area contributed by atoms with E-state index in [1.807, 2.05) is 0 Å². The van der Waals surface area contributed by atoms with Gasteiger partial charge in [0.05, 0.1) is 0 Å². The number of aromatic carboxylic acids is 1. The third kappa shape index (κ3) is 3.15. The average Bonchev–Trinajstić information content (AvgIpc) is 2.80. The molecular weight excluding hydrogens is 263 g/mol. The van der Waals surface area contributed by atoms with E-state index >= 15 is 0 Å². The molecule has 1 heterocycles. The summed E-state index contributed by atoms with van der Waals surface area (Å²) in [7, 11) is 0. The smallest absolute Gasteiger partial charge is 0.433 e.